The SMILES string of the molecule is CC(C)(C)c1ccc(N(c2ccc(C(C)(C)Cc3ccc4c5c6c7ccccc7n7c8c(-c9ccccc9)c9c%10cc%11c(c%12ccccc%12n%11-c%11ccccc%11)c%11c%12ccccc%12n(c9c(-c9ccccc9)c8c(cc5n(-c5ccccc5)c4c3)c67)c%10%11)cc2)c2ccc3c4cc(C(C)(C)C)cc5c6cc7c(cc6n(c3c2)c45)-c2cc(C(C)(C)C)cc3c2CC7c2ccc(C(C)(C)C)cc2-3)cc1. The van der Waals surface area contributed by atoms with Crippen molar-refractivity contribution in [1.29, 1.82) is 0 Å². The molecule has 0 saturated carbocycles. The zero-order valence-electron chi connectivity index (χ0n) is 79.6. The number of para-hydroxylation sites is 5. The van der Waals surface area contributed by atoms with Crippen molar-refractivity contribution in [3.63, 3.8) is 0 Å². The normalized spacial score (nSPS) is 14.0. The summed E-state index contributed by atoms with van der Waals surface area (Å²) < 4.78 is 13.2. The first kappa shape index (κ1) is 79.3. The summed E-state index contributed by atoms with van der Waals surface area (Å²) in [6, 6.07) is 134. The molecule has 0 amide bonds. The molecule has 18 aromatic carbocycles. The number of hydrogen-bond acceptors (Lipinski definition) is 1. The Bertz CT molecular complexity index is 9620. The Kier molecular flexibility index (Phi) is 16.1. The first-order valence-corrected chi connectivity index (χ1v) is 48.9. The Balaban J connectivity index is 0.621. The van der Waals surface area contributed by atoms with Crippen LogP contribution in [0.5, 0.6) is 0 Å². The molecule has 1 atom stereocenters. The van der Waals surface area contributed by atoms with E-state index < -0.39 is 0 Å². The molecule has 8 heterocycles. The number of hydrogen-bond donors (Lipinski definition) is 0. The second-order valence-electron chi connectivity index (χ2n) is 44.4. The monoisotopic (exact) mass is 1750 g/mol. The molecule has 26 aromatic rings. The Hall–Kier alpha value is -15.2. The van der Waals surface area contributed by atoms with Crippen LogP contribution in [0.2, 0.25) is 0 Å². The van der Waals surface area contributed by atoms with Crippen LogP contribution in [0.4, 0.5) is 17.1 Å². The highest BCUT2D eigenvalue weighted by Gasteiger charge is 2.40. The summed E-state index contributed by atoms with van der Waals surface area (Å²) in [5.74, 6) is 0.253. The summed E-state index contributed by atoms with van der Waals surface area (Å²) in [5, 5.41) is 20.3. The third-order valence-corrected chi connectivity index (χ3v) is 31.9. The van der Waals surface area contributed by atoms with Gasteiger partial charge in [-0.25, -0.2) is 0 Å². The number of fused-ring (bicyclic) bond motifs is 33. The standard InChI is InChI=1S/C130H104N6/c1-126(2,3)77-48-53-84(54-49-77)131(86-57-60-88-101-65-81(129(10,11)12)66-102-100-69-98-96-68-97-94(93-62-79(127(4,5)6)52-59-87(93)96)63-80(128(7,8)9)64-95(97)99(98)70-110(100)134(121(101)102)109(88)67-86)85-55-50-78(51-56-85)130(13,14)73-74-47-58-92-108(61-74)133(83-39-25-18-26-40-83)112-72-104-120-114(76-35-21-16-22-36-76)124-119(113(75-33-19-15-20-34-75)125(120)136-107-46-32-29-43-91(107)118(116(92)112)123(104)136)103-71-111-115(117-90-42-28-31-45-106(90)135(124)122(103)117)89-41-27-30-44-105(89)132(111)82-37-23-17-24-38-82/h15-67,69-72,96H,68,73H2,1-14H3. The molecule has 654 valence electrons. The average Bonchev–Trinajstić information content (AvgIpc) is 1.49. The highest BCUT2D eigenvalue weighted by Crippen LogP contribution is 2.61. The van der Waals surface area contributed by atoms with Crippen molar-refractivity contribution in [2.45, 2.75) is 143 Å². The number of benzene rings is 18. The minimum atomic E-state index is -0.292. The molecular weight excluding hydrogens is 1650 g/mol. The van der Waals surface area contributed by atoms with Crippen LogP contribution in [-0.2, 0) is 39.9 Å². The van der Waals surface area contributed by atoms with Crippen LogP contribution < -0.4 is 4.90 Å². The van der Waals surface area contributed by atoms with Crippen molar-refractivity contribution >= 4 is 175 Å². The molecule has 28 rings (SSSR count). The number of aromatic nitrogens is 5. The molecule has 136 heavy (non-hydrogen) atoms. The number of rotatable bonds is 10. The van der Waals surface area contributed by atoms with E-state index in [1.165, 1.54) is 252 Å². The predicted molar refractivity (Wildman–Crippen MR) is 579 cm³/mol. The van der Waals surface area contributed by atoms with E-state index in [4.69, 9.17) is 0 Å². The van der Waals surface area contributed by atoms with Crippen LogP contribution in [0, 0.1) is 0 Å². The summed E-state index contributed by atoms with van der Waals surface area (Å²) >= 11 is 0. The smallest absolute Gasteiger partial charge is 0.0634 e. The van der Waals surface area contributed by atoms with Crippen LogP contribution in [0.15, 0.2) is 346 Å². The van der Waals surface area contributed by atoms with Gasteiger partial charge in [-0.05, 0) is 245 Å². The maximum absolute atomic E-state index is 2.70. The van der Waals surface area contributed by atoms with Gasteiger partial charge in [-0.15, -0.1) is 0 Å². The fraction of sp³-hybridized carbons (Fsp3) is 0.169. The van der Waals surface area contributed by atoms with Crippen molar-refractivity contribution in [2.24, 2.45) is 0 Å². The van der Waals surface area contributed by atoms with Gasteiger partial charge in [0, 0.05) is 132 Å². The fourth-order valence-corrected chi connectivity index (χ4v) is 25.3. The molecule has 0 aliphatic heterocycles. The largest absolute Gasteiger partial charge is 0.310 e. The molecule has 1 unspecified atom stereocenters. The molecule has 8 aromatic heterocycles. The van der Waals surface area contributed by atoms with E-state index in [-0.39, 0.29) is 33.0 Å². The molecule has 2 aliphatic rings. The van der Waals surface area contributed by atoms with E-state index in [0.717, 1.165) is 41.3 Å². The molecule has 0 N–H and O–H groups in total. The Morgan fingerprint density at radius 3 is 1.21 bits per heavy atom. The lowest BCUT2D eigenvalue weighted by molar-refractivity contribution is 0.522. The van der Waals surface area contributed by atoms with Gasteiger partial charge in [0.1, 0.15) is 0 Å². The van der Waals surface area contributed by atoms with Gasteiger partial charge in [-0.3, -0.25) is 0 Å². The number of anilines is 3. The van der Waals surface area contributed by atoms with E-state index in [9.17, 15) is 0 Å². The number of nitrogens with zero attached hydrogens (tertiary/aromatic N) is 6. The van der Waals surface area contributed by atoms with Gasteiger partial charge < -0.3 is 27.2 Å². The first-order valence-electron chi connectivity index (χ1n) is 48.9. The Labute approximate surface area is 791 Å². The van der Waals surface area contributed by atoms with Crippen molar-refractivity contribution in [2.75, 3.05) is 4.90 Å². The van der Waals surface area contributed by atoms with E-state index in [0.29, 0.717) is 0 Å². The Morgan fingerprint density at radius 2 is 0.676 bits per heavy atom. The summed E-state index contributed by atoms with van der Waals surface area (Å²) in [6.07, 6.45) is 1.82. The fourth-order valence-electron chi connectivity index (χ4n) is 25.3. The van der Waals surface area contributed by atoms with Gasteiger partial charge in [-0.2, -0.15) is 0 Å². The van der Waals surface area contributed by atoms with E-state index in [1.807, 2.05) is 0 Å². The lowest BCUT2D eigenvalue weighted by Crippen LogP contribution is -2.22. The summed E-state index contributed by atoms with van der Waals surface area (Å²) in [4.78, 5) is 2.51. The van der Waals surface area contributed by atoms with E-state index >= 15 is 0 Å². The maximum atomic E-state index is 2.70. The minimum Gasteiger partial charge on any atom is -0.310 e. The van der Waals surface area contributed by atoms with Crippen LogP contribution in [0.1, 0.15) is 153 Å². The maximum Gasteiger partial charge on any atom is 0.0634 e. The summed E-state index contributed by atoms with van der Waals surface area (Å²) in [5.41, 5.74) is 43.9. The van der Waals surface area contributed by atoms with Crippen LogP contribution in [0.25, 0.3) is 214 Å². The lowest BCUT2D eigenvalue weighted by atomic mass is 9.65. The lowest BCUT2D eigenvalue weighted by Gasteiger charge is -2.38. The zero-order chi connectivity index (χ0) is 91.7. The van der Waals surface area contributed by atoms with Crippen LogP contribution >= 0.6 is 0 Å². The van der Waals surface area contributed by atoms with Gasteiger partial charge in [0.15, 0.2) is 0 Å². The van der Waals surface area contributed by atoms with Crippen molar-refractivity contribution in [3.05, 3.63) is 396 Å². The molecule has 6 heteroatoms. The van der Waals surface area contributed by atoms with Gasteiger partial charge >= 0.3 is 0 Å². The van der Waals surface area contributed by atoms with Gasteiger partial charge in [0.2, 0.25) is 0 Å². The molecule has 2 aliphatic carbocycles. The average molecular weight is 1750 g/mol. The van der Waals surface area contributed by atoms with E-state index in [1.54, 1.807) is 0 Å². The molecule has 2 bridgehead atoms. The van der Waals surface area contributed by atoms with Crippen LogP contribution in [0.3, 0.4) is 0 Å². The molecule has 0 fully saturated rings. The van der Waals surface area contributed by atoms with Gasteiger partial charge in [0.25, 0.3) is 0 Å². The second-order valence-corrected chi connectivity index (χ2v) is 44.4. The van der Waals surface area contributed by atoms with Crippen molar-refractivity contribution in [3.8, 4) is 55.9 Å². The highest BCUT2D eigenvalue weighted by molar-refractivity contribution is 6.44. The van der Waals surface area contributed by atoms with Crippen molar-refractivity contribution in [1.82, 2.24) is 22.3 Å². The van der Waals surface area contributed by atoms with Gasteiger partial charge in [-0.1, -0.05) is 321 Å². The van der Waals surface area contributed by atoms with Crippen molar-refractivity contribution < 1.29 is 0 Å². The molecular formula is C130H104N6. The van der Waals surface area contributed by atoms with Crippen LogP contribution in [-0.4, -0.2) is 22.3 Å². The highest BCUT2D eigenvalue weighted by atomic mass is 15.1. The molecule has 0 spiro atoms. The third-order valence-electron chi connectivity index (χ3n) is 31.9. The quantitative estimate of drug-likeness (QED) is 0.134. The summed E-state index contributed by atoms with van der Waals surface area (Å²) in [7, 11) is 0. The summed E-state index contributed by atoms with van der Waals surface area (Å²) in [6.45, 7) is 33.2. The van der Waals surface area contributed by atoms with Gasteiger partial charge in [0.05, 0.1) is 71.7 Å². The Morgan fingerprint density at radius 1 is 0.250 bits per heavy atom. The first-order chi connectivity index (χ1) is 65.8. The minimum absolute atomic E-state index is 0.0236. The molecule has 0 radical (unpaired) electrons. The molecule has 0 saturated heterocycles. The molecule has 6 nitrogen and oxygen atoms in total. The van der Waals surface area contributed by atoms with E-state index in [2.05, 4.69) is 470 Å². The topological polar surface area (TPSA) is 26.3 Å². The third kappa shape index (κ3) is 11.0. The second kappa shape index (κ2) is 27.5. The predicted octanol–water partition coefficient (Wildman–Crippen LogP) is 35.2. The zero-order valence-corrected chi connectivity index (χ0v) is 79.6.